The summed E-state index contributed by atoms with van der Waals surface area (Å²) in [6.07, 6.45) is 1.17. The molecule has 0 spiro atoms. The van der Waals surface area contributed by atoms with Gasteiger partial charge in [0.2, 0.25) is 0 Å². The lowest BCUT2D eigenvalue weighted by molar-refractivity contribution is -0.385. The van der Waals surface area contributed by atoms with E-state index in [1.54, 1.807) is 6.07 Å². The number of rotatable bonds is 4. The zero-order valence-corrected chi connectivity index (χ0v) is 10.2. The Kier molecular flexibility index (Phi) is 3.60. The van der Waals surface area contributed by atoms with Crippen LogP contribution in [0.25, 0.3) is 0 Å². The van der Waals surface area contributed by atoms with Crippen LogP contribution in [0.5, 0.6) is 0 Å². The van der Waals surface area contributed by atoms with Gasteiger partial charge in [0.25, 0.3) is 11.2 Å². The number of nitrogens with zero attached hydrogens (tertiary/aromatic N) is 2. The average molecular weight is 274 g/mol. The molecule has 0 unspecified atom stereocenters. The summed E-state index contributed by atoms with van der Waals surface area (Å²) in [7, 11) is 0. The largest absolute Gasteiger partial charge is 0.478 e. The van der Waals surface area contributed by atoms with Crippen molar-refractivity contribution in [3.8, 4) is 0 Å². The smallest absolute Gasteiger partial charge is 0.337 e. The Morgan fingerprint density at radius 2 is 1.95 bits per heavy atom. The molecule has 7 heteroatoms. The molecule has 1 N–H and O–H groups in total. The molecule has 7 nitrogen and oxygen atoms in total. The van der Waals surface area contributed by atoms with Gasteiger partial charge in [-0.15, -0.1) is 0 Å². The van der Waals surface area contributed by atoms with Crippen LogP contribution in [0.3, 0.4) is 0 Å². The van der Waals surface area contributed by atoms with Crippen LogP contribution in [0.2, 0.25) is 0 Å². The minimum atomic E-state index is -1.17. The van der Waals surface area contributed by atoms with E-state index in [2.05, 4.69) is 0 Å². The summed E-state index contributed by atoms with van der Waals surface area (Å²) in [6, 6.07) is 8.32. The van der Waals surface area contributed by atoms with E-state index in [1.165, 1.54) is 30.5 Å². The Morgan fingerprint density at radius 1 is 1.25 bits per heavy atom. The summed E-state index contributed by atoms with van der Waals surface area (Å²) in [4.78, 5) is 32.9. The van der Waals surface area contributed by atoms with Crippen molar-refractivity contribution in [1.82, 2.24) is 4.57 Å². The second-order valence-corrected chi connectivity index (χ2v) is 4.07. The lowest BCUT2D eigenvalue weighted by atomic mass is 10.1. The molecule has 2 rings (SSSR count). The number of aromatic nitrogens is 1. The number of aromatic carboxylic acids is 1. The number of carboxylic acids is 1. The summed E-state index contributed by atoms with van der Waals surface area (Å²) in [5, 5.41) is 19.8. The first-order valence-corrected chi connectivity index (χ1v) is 5.65. The molecule has 0 amide bonds. The molecule has 0 aliphatic carbocycles. The van der Waals surface area contributed by atoms with Crippen molar-refractivity contribution in [2.45, 2.75) is 6.54 Å². The third kappa shape index (κ3) is 2.72. The second kappa shape index (κ2) is 5.35. The average Bonchev–Trinajstić information content (AvgIpc) is 2.41. The van der Waals surface area contributed by atoms with Crippen molar-refractivity contribution in [3.05, 3.63) is 74.2 Å². The maximum Gasteiger partial charge on any atom is 0.337 e. The SMILES string of the molecule is O=C(O)c1ccc(=O)n(Cc2ccccc2[N+](=O)[O-])c1. The molecular weight excluding hydrogens is 264 g/mol. The zero-order valence-electron chi connectivity index (χ0n) is 10.2. The second-order valence-electron chi connectivity index (χ2n) is 4.07. The highest BCUT2D eigenvalue weighted by atomic mass is 16.6. The molecule has 0 saturated carbocycles. The first kappa shape index (κ1) is 13.5. The summed E-state index contributed by atoms with van der Waals surface area (Å²) in [5.41, 5.74) is -0.251. The molecule has 102 valence electrons. The normalized spacial score (nSPS) is 10.2. The fourth-order valence-corrected chi connectivity index (χ4v) is 1.79. The number of carbonyl (C=O) groups is 1. The quantitative estimate of drug-likeness (QED) is 0.672. The van der Waals surface area contributed by atoms with E-state index in [9.17, 15) is 19.7 Å². The molecule has 0 bridgehead atoms. The molecule has 1 aromatic heterocycles. The maximum absolute atomic E-state index is 11.7. The van der Waals surface area contributed by atoms with Gasteiger partial charge in [-0.3, -0.25) is 14.9 Å². The van der Waals surface area contributed by atoms with Crippen molar-refractivity contribution in [2.75, 3.05) is 0 Å². The Morgan fingerprint density at radius 3 is 2.60 bits per heavy atom. The first-order chi connectivity index (χ1) is 9.49. The fourth-order valence-electron chi connectivity index (χ4n) is 1.79. The monoisotopic (exact) mass is 274 g/mol. The molecule has 0 radical (unpaired) electrons. The predicted molar refractivity (Wildman–Crippen MR) is 69.9 cm³/mol. The van der Waals surface area contributed by atoms with Gasteiger partial charge in [-0.05, 0) is 6.07 Å². The van der Waals surface area contributed by atoms with Crippen LogP contribution in [-0.2, 0) is 6.54 Å². The lowest BCUT2D eigenvalue weighted by Gasteiger charge is -2.07. The molecule has 1 aromatic carbocycles. The van der Waals surface area contributed by atoms with Crippen molar-refractivity contribution < 1.29 is 14.8 Å². The van der Waals surface area contributed by atoms with E-state index < -0.39 is 16.5 Å². The van der Waals surface area contributed by atoms with Crippen LogP contribution in [0.1, 0.15) is 15.9 Å². The number of pyridine rings is 1. The third-order valence-corrected chi connectivity index (χ3v) is 2.76. The Bertz CT molecular complexity index is 736. The molecule has 0 saturated heterocycles. The molecule has 20 heavy (non-hydrogen) atoms. The van der Waals surface area contributed by atoms with Gasteiger partial charge >= 0.3 is 5.97 Å². The van der Waals surface area contributed by atoms with Gasteiger partial charge in [-0.2, -0.15) is 0 Å². The van der Waals surface area contributed by atoms with E-state index in [1.807, 2.05) is 0 Å². The fraction of sp³-hybridized carbons (Fsp3) is 0.0769. The predicted octanol–water partition coefficient (Wildman–Crippen LogP) is 1.50. The van der Waals surface area contributed by atoms with Crippen LogP contribution in [-0.4, -0.2) is 20.6 Å². The van der Waals surface area contributed by atoms with Gasteiger partial charge in [0, 0.05) is 23.9 Å². The van der Waals surface area contributed by atoms with E-state index in [0.717, 1.165) is 10.6 Å². The number of hydrogen-bond donors (Lipinski definition) is 1. The number of para-hydroxylation sites is 1. The highest BCUT2D eigenvalue weighted by molar-refractivity contribution is 5.87. The van der Waals surface area contributed by atoms with Crippen molar-refractivity contribution in [3.63, 3.8) is 0 Å². The third-order valence-electron chi connectivity index (χ3n) is 2.76. The molecular formula is C13H10N2O5. The van der Waals surface area contributed by atoms with E-state index in [0.29, 0.717) is 5.56 Å². The van der Waals surface area contributed by atoms with Gasteiger partial charge in [0.15, 0.2) is 0 Å². The van der Waals surface area contributed by atoms with Crippen molar-refractivity contribution in [1.29, 1.82) is 0 Å². The number of nitro groups is 1. The Balaban J connectivity index is 2.45. The van der Waals surface area contributed by atoms with E-state index in [4.69, 9.17) is 5.11 Å². The number of nitro benzene ring substituents is 1. The van der Waals surface area contributed by atoms with Crippen LogP contribution in [0.15, 0.2) is 47.4 Å². The zero-order chi connectivity index (χ0) is 14.7. The van der Waals surface area contributed by atoms with Gasteiger partial charge in [-0.1, -0.05) is 18.2 Å². The lowest BCUT2D eigenvalue weighted by Crippen LogP contribution is -2.21. The van der Waals surface area contributed by atoms with Crippen molar-refractivity contribution >= 4 is 11.7 Å². The van der Waals surface area contributed by atoms with Gasteiger partial charge in [-0.25, -0.2) is 4.79 Å². The molecule has 0 aliphatic heterocycles. The standard InChI is InChI=1S/C13H10N2O5/c16-12-6-5-10(13(17)18)8-14(12)7-9-3-1-2-4-11(9)15(19)20/h1-6,8H,7H2,(H,17,18). The molecule has 2 aromatic rings. The molecule has 0 aliphatic rings. The van der Waals surface area contributed by atoms with Crippen molar-refractivity contribution in [2.24, 2.45) is 0 Å². The summed E-state index contributed by atoms with van der Waals surface area (Å²) < 4.78 is 1.13. The number of benzene rings is 1. The molecule has 1 heterocycles. The van der Waals surface area contributed by atoms with Crippen LogP contribution in [0, 0.1) is 10.1 Å². The Hall–Kier alpha value is -2.96. The summed E-state index contributed by atoms with van der Waals surface area (Å²) in [5.74, 6) is -1.17. The summed E-state index contributed by atoms with van der Waals surface area (Å²) >= 11 is 0. The number of carboxylic acid groups (broad SMARTS) is 1. The summed E-state index contributed by atoms with van der Waals surface area (Å²) in [6.45, 7) is -0.0584. The topological polar surface area (TPSA) is 102 Å². The van der Waals surface area contributed by atoms with Gasteiger partial charge in [0.1, 0.15) is 0 Å². The van der Waals surface area contributed by atoms with E-state index >= 15 is 0 Å². The van der Waals surface area contributed by atoms with Crippen LogP contribution < -0.4 is 5.56 Å². The van der Waals surface area contributed by atoms with Crippen LogP contribution in [0.4, 0.5) is 5.69 Å². The highest BCUT2D eigenvalue weighted by Crippen LogP contribution is 2.18. The minimum Gasteiger partial charge on any atom is -0.478 e. The minimum absolute atomic E-state index is 0.0526. The highest BCUT2D eigenvalue weighted by Gasteiger charge is 2.14. The molecule has 0 fully saturated rings. The van der Waals surface area contributed by atoms with Crippen LogP contribution >= 0.6 is 0 Å². The molecule has 0 atom stereocenters. The van der Waals surface area contributed by atoms with Gasteiger partial charge in [0.05, 0.1) is 17.0 Å². The maximum atomic E-state index is 11.7. The first-order valence-electron chi connectivity index (χ1n) is 5.65. The van der Waals surface area contributed by atoms with Gasteiger partial charge < -0.3 is 9.67 Å². The number of hydrogen-bond acceptors (Lipinski definition) is 4. The Labute approximate surface area is 112 Å². The van der Waals surface area contributed by atoms with E-state index in [-0.39, 0.29) is 17.8 Å².